The van der Waals surface area contributed by atoms with Gasteiger partial charge in [-0.1, -0.05) is 15.9 Å². The van der Waals surface area contributed by atoms with E-state index in [1.807, 2.05) is 37.8 Å². The Balaban J connectivity index is 1.98. The van der Waals surface area contributed by atoms with Gasteiger partial charge in [-0.05, 0) is 19.1 Å². The van der Waals surface area contributed by atoms with Crippen LogP contribution in [0.25, 0.3) is 10.9 Å². The van der Waals surface area contributed by atoms with Crippen molar-refractivity contribution < 1.29 is 5.11 Å². The van der Waals surface area contributed by atoms with Gasteiger partial charge < -0.3 is 15.3 Å². The van der Waals surface area contributed by atoms with Crippen LogP contribution in [0.5, 0.6) is 0 Å². The van der Waals surface area contributed by atoms with Crippen LogP contribution in [-0.2, 0) is 7.05 Å². The van der Waals surface area contributed by atoms with Gasteiger partial charge in [0.05, 0.1) is 12.7 Å². The summed E-state index contributed by atoms with van der Waals surface area (Å²) in [4.78, 5) is 6.09. The van der Waals surface area contributed by atoms with E-state index in [0.717, 1.165) is 21.1 Å². The fourth-order valence-electron chi connectivity index (χ4n) is 2.30. The normalized spacial score (nSPS) is 15.6. The molecule has 0 saturated carbocycles. The number of nitrogens with zero attached hydrogens (tertiary/aromatic N) is 4. The second-order valence-electron chi connectivity index (χ2n) is 5.11. The number of fused-ring (bicyclic) bond motifs is 1. The van der Waals surface area contributed by atoms with E-state index < -0.39 is 0 Å². The van der Waals surface area contributed by atoms with Gasteiger partial charge in [0.25, 0.3) is 0 Å². The molecule has 0 unspecified atom stereocenters. The zero-order chi connectivity index (χ0) is 15.1. The Morgan fingerprint density at radius 3 is 2.90 bits per heavy atom. The molecule has 2 N–H and O–H groups in total. The zero-order valence-electron chi connectivity index (χ0n) is 12.1. The van der Waals surface area contributed by atoms with E-state index in [2.05, 4.69) is 31.3 Å². The molecular weight excluding hydrogens is 334 g/mol. The Morgan fingerprint density at radius 2 is 2.14 bits per heavy atom. The molecule has 0 saturated heterocycles. The lowest BCUT2D eigenvalue weighted by molar-refractivity contribution is 0.239. The first kappa shape index (κ1) is 13.9. The smallest absolute Gasteiger partial charge is 0.211 e. The molecule has 0 atom stereocenters. The average Bonchev–Trinajstić information content (AvgIpc) is 2.71. The lowest BCUT2D eigenvalue weighted by Crippen LogP contribution is -2.25. The summed E-state index contributed by atoms with van der Waals surface area (Å²) >= 11 is 3.47. The summed E-state index contributed by atoms with van der Waals surface area (Å²) in [6.45, 7) is 2.66. The number of rotatable bonds is 2. The molecule has 3 rings (SSSR count). The van der Waals surface area contributed by atoms with Gasteiger partial charge in [-0.3, -0.25) is 4.68 Å². The average molecular weight is 350 g/mol. The van der Waals surface area contributed by atoms with Gasteiger partial charge in [-0.2, -0.15) is 5.10 Å². The van der Waals surface area contributed by atoms with Crippen molar-refractivity contribution in [3.8, 4) is 0 Å². The summed E-state index contributed by atoms with van der Waals surface area (Å²) in [6, 6.07) is 1.94. The molecule has 21 heavy (non-hydrogen) atoms. The van der Waals surface area contributed by atoms with Crippen molar-refractivity contribution in [2.75, 3.05) is 18.9 Å². The Bertz CT molecular complexity index is 777. The molecule has 1 aliphatic rings. The quantitative estimate of drug-likeness (QED) is 0.872. The first-order chi connectivity index (χ1) is 9.95. The van der Waals surface area contributed by atoms with Gasteiger partial charge in [0.15, 0.2) is 0 Å². The van der Waals surface area contributed by atoms with Gasteiger partial charge in [0.2, 0.25) is 5.88 Å². The first-order valence-electron chi connectivity index (χ1n) is 6.52. The highest BCUT2D eigenvalue weighted by Crippen LogP contribution is 2.24. The third-order valence-electron chi connectivity index (χ3n) is 3.57. The van der Waals surface area contributed by atoms with Crippen molar-refractivity contribution >= 4 is 32.7 Å². The van der Waals surface area contributed by atoms with Crippen molar-refractivity contribution in [1.29, 1.82) is 0 Å². The molecule has 0 amide bonds. The fourth-order valence-corrected chi connectivity index (χ4v) is 2.91. The second-order valence-corrected chi connectivity index (χ2v) is 6.12. The molecular formula is C14H16BrN5O. The molecule has 7 heteroatoms. The maximum absolute atomic E-state index is 10.1. The lowest BCUT2D eigenvalue weighted by Gasteiger charge is -2.24. The van der Waals surface area contributed by atoms with Crippen molar-refractivity contribution in [1.82, 2.24) is 19.7 Å². The fraction of sp³-hybridized carbons (Fsp3) is 0.286. The standard InChI is InChI=1S/C14H16BrN5O/c1-8-10-5-13(16-6-12(10)18-20(8)3)17-11-4-9(15)7-19(2)14(11)21/h4-6,17,21H,7H2,1-3H3. The van der Waals surface area contributed by atoms with Crippen molar-refractivity contribution in [2.24, 2.45) is 7.05 Å². The van der Waals surface area contributed by atoms with E-state index in [0.29, 0.717) is 18.1 Å². The van der Waals surface area contributed by atoms with Crippen LogP contribution in [0.2, 0.25) is 0 Å². The molecule has 0 fully saturated rings. The maximum atomic E-state index is 10.1. The Morgan fingerprint density at radius 1 is 1.38 bits per heavy atom. The number of hydrogen-bond donors (Lipinski definition) is 2. The second kappa shape index (κ2) is 5.07. The van der Waals surface area contributed by atoms with Crippen LogP contribution in [0.3, 0.4) is 0 Å². The van der Waals surface area contributed by atoms with Crippen LogP contribution in [-0.4, -0.2) is 38.4 Å². The SMILES string of the molecule is Cc1c2cc(NC3=C(O)N(C)CC(Br)=C3)ncc2nn1C. The van der Waals surface area contributed by atoms with E-state index in [1.165, 1.54) is 0 Å². The summed E-state index contributed by atoms with van der Waals surface area (Å²) in [7, 11) is 3.74. The monoisotopic (exact) mass is 349 g/mol. The molecule has 2 aromatic heterocycles. The number of aliphatic hydroxyl groups excluding tert-OH is 1. The van der Waals surface area contributed by atoms with E-state index in [1.54, 1.807) is 11.1 Å². The third kappa shape index (κ3) is 2.49. The number of allylic oxidation sites excluding steroid dienone is 1. The minimum absolute atomic E-state index is 0.197. The summed E-state index contributed by atoms with van der Waals surface area (Å²) < 4.78 is 2.82. The van der Waals surface area contributed by atoms with Gasteiger partial charge in [0, 0.05) is 29.7 Å². The maximum Gasteiger partial charge on any atom is 0.211 e. The molecule has 0 spiro atoms. The van der Waals surface area contributed by atoms with E-state index in [4.69, 9.17) is 0 Å². The number of aryl methyl sites for hydroxylation is 2. The highest BCUT2D eigenvalue weighted by Gasteiger charge is 2.17. The van der Waals surface area contributed by atoms with Crippen LogP contribution >= 0.6 is 15.9 Å². The van der Waals surface area contributed by atoms with Crippen LogP contribution < -0.4 is 5.32 Å². The predicted molar refractivity (Wildman–Crippen MR) is 86.2 cm³/mol. The minimum atomic E-state index is 0.197. The van der Waals surface area contributed by atoms with E-state index in [9.17, 15) is 5.11 Å². The molecule has 0 radical (unpaired) electrons. The number of nitrogens with one attached hydrogen (secondary N) is 1. The summed E-state index contributed by atoms with van der Waals surface area (Å²) in [5, 5.41) is 18.7. The predicted octanol–water partition coefficient (Wildman–Crippen LogP) is 2.64. The highest BCUT2D eigenvalue weighted by atomic mass is 79.9. The Hall–Kier alpha value is -2.02. The Labute approximate surface area is 130 Å². The topological polar surface area (TPSA) is 66.2 Å². The van der Waals surface area contributed by atoms with Crippen LogP contribution in [0.15, 0.2) is 34.4 Å². The molecule has 0 bridgehead atoms. The van der Waals surface area contributed by atoms with Crippen molar-refractivity contribution in [3.05, 3.63) is 40.1 Å². The first-order valence-corrected chi connectivity index (χ1v) is 7.32. The number of halogens is 1. The number of likely N-dealkylation sites (N-methyl/N-ethyl adjacent to an activating group) is 1. The number of pyridine rings is 1. The molecule has 2 aromatic rings. The van der Waals surface area contributed by atoms with Crippen LogP contribution in [0, 0.1) is 6.92 Å². The van der Waals surface area contributed by atoms with Gasteiger partial charge >= 0.3 is 0 Å². The summed E-state index contributed by atoms with van der Waals surface area (Å²) in [5.41, 5.74) is 2.55. The highest BCUT2D eigenvalue weighted by molar-refractivity contribution is 9.11. The number of aliphatic hydroxyl groups is 1. The largest absolute Gasteiger partial charge is 0.493 e. The van der Waals surface area contributed by atoms with Gasteiger partial charge in [0.1, 0.15) is 17.0 Å². The molecule has 110 valence electrons. The van der Waals surface area contributed by atoms with Gasteiger partial charge in [-0.15, -0.1) is 0 Å². The van der Waals surface area contributed by atoms with Crippen LogP contribution in [0.4, 0.5) is 5.82 Å². The van der Waals surface area contributed by atoms with Crippen LogP contribution in [0.1, 0.15) is 5.69 Å². The van der Waals surface area contributed by atoms with Crippen molar-refractivity contribution in [3.63, 3.8) is 0 Å². The lowest BCUT2D eigenvalue weighted by atomic mass is 10.2. The van der Waals surface area contributed by atoms with E-state index in [-0.39, 0.29) is 5.88 Å². The van der Waals surface area contributed by atoms with Gasteiger partial charge in [-0.25, -0.2) is 4.98 Å². The molecule has 1 aliphatic heterocycles. The van der Waals surface area contributed by atoms with Crippen molar-refractivity contribution in [2.45, 2.75) is 6.92 Å². The summed E-state index contributed by atoms with van der Waals surface area (Å²) in [6.07, 6.45) is 3.59. The molecule has 0 aromatic carbocycles. The number of aromatic nitrogens is 3. The minimum Gasteiger partial charge on any atom is -0.493 e. The molecule has 6 nitrogen and oxygen atoms in total. The van der Waals surface area contributed by atoms with E-state index >= 15 is 0 Å². The summed E-state index contributed by atoms with van der Waals surface area (Å²) in [5.74, 6) is 0.870. The number of hydrogen-bond acceptors (Lipinski definition) is 5. The Kier molecular flexibility index (Phi) is 3.36. The number of anilines is 1. The molecule has 0 aliphatic carbocycles. The third-order valence-corrected chi connectivity index (χ3v) is 4.05. The zero-order valence-corrected chi connectivity index (χ0v) is 13.6. The molecule has 3 heterocycles.